The molecule has 2 aliphatic rings. The number of carbonyl (C=O) groups is 1. The molecular formula is C25H25N3O4. The fourth-order valence-electron chi connectivity index (χ4n) is 3.94. The number of nitrogens with one attached hydrogen (secondary N) is 1. The number of aromatic nitrogens is 2. The minimum atomic E-state index is -0.993. The summed E-state index contributed by atoms with van der Waals surface area (Å²) in [6.45, 7) is 1.49. The maximum absolute atomic E-state index is 11.6. The molecule has 7 nitrogen and oxygen atoms in total. The van der Waals surface area contributed by atoms with E-state index in [-0.39, 0.29) is 11.7 Å². The first-order valence-corrected chi connectivity index (χ1v) is 11.0. The molecule has 0 atom stereocenters. The van der Waals surface area contributed by atoms with E-state index >= 15 is 0 Å². The maximum Gasteiger partial charge on any atom is 0.339 e. The summed E-state index contributed by atoms with van der Waals surface area (Å²) < 4.78 is 11.6. The zero-order valence-corrected chi connectivity index (χ0v) is 17.7. The lowest BCUT2D eigenvalue weighted by atomic mass is 9.96. The van der Waals surface area contributed by atoms with Crippen LogP contribution in [0, 0.1) is 0 Å². The van der Waals surface area contributed by atoms with Gasteiger partial charge >= 0.3 is 5.97 Å². The largest absolute Gasteiger partial charge is 0.493 e. The topological polar surface area (TPSA) is 93.6 Å². The lowest BCUT2D eigenvalue weighted by molar-refractivity contribution is 0.0680. The molecule has 5 rings (SSSR count). The van der Waals surface area contributed by atoms with Gasteiger partial charge in [0.15, 0.2) is 0 Å². The molecule has 3 aromatic rings. The summed E-state index contributed by atoms with van der Waals surface area (Å²) in [5.41, 5.74) is 4.17. The van der Waals surface area contributed by atoms with Crippen molar-refractivity contribution in [1.82, 2.24) is 9.97 Å². The Hall–Kier alpha value is -3.61. The van der Waals surface area contributed by atoms with E-state index < -0.39 is 5.97 Å². The van der Waals surface area contributed by atoms with Crippen LogP contribution < -0.4 is 14.8 Å². The average molecular weight is 431 g/mol. The van der Waals surface area contributed by atoms with E-state index in [1.54, 1.807) is 18.2 Å². The minimum Gasteiger partial charge on any atom is -0.493 e. The fourth-order valence-corrected chi connectivity index (χ4v) is 3.94. The third-order valence-corrected chi connectivity index (χ3v) is 6.00. The summed E-state index contributed by atoms with van der Waals surface area (Å²) in [6, 6.07) is 13.4. The molecule has 0 unspecified atom stereocenters. The standard InChI is InChI=1S/C25H25N3O4/c29-25(30)20-7-6-18(13-23(20)32-19-2-1-3-19)21-14-24(28-15-27-21)26-10-8-16-4-5-17-9-11-31-22(17)12-16/h4-7,12-15,19H,1-3,8-11H2,(H,29,30)(H,26,27,28). The van der Waals surface area contributed by atoms with E-state index in [9.17, 15) is 9.90 Å². The van der Waals surface area contributed by atoms with Crippen LogP contribution in [0.2, 0.25) is 0 Å². The van der Waals surface area contributed by atoms with E-state index in [1.165, 1.54) is 17.5 Å². The van der Waals surface area contributed by atoms with Crippen LogP contribution in [0.15, 0.2) is 48.8 Å². The van der Waals surface area contributed by atoms with Gasteiger partial charge in [-0.3, -0.25) is 0 Å². The molecule has 2 aromatic carbocycles. The second-order valence-corrected chi connectivity index (χ2v) is 8.19. The van der Waals surface area contributed by atoms with Crippen LogP contribution in [-0.2, 0) is 12.8 Å². The summed E-state index contributed by atoms with van der Waals surface area (Å²) in [7, 11) is 0. The molecule has 32 heavy (non-hydrogen) atoms. The second-order valence-electron chi connectivity index (χ2n) is 8.19. The molecule has 1 aliphatic heterocycles. The fraction of sp³-hybridized carbons (Fsp3) is 0.320. The van der Waals surface area contributed by atoms with Crippen molar-refractivity contribution < 1.29 is 19.4 Å². The van der Waals surface area contributed by atoms with Crippen molar-refractivity contribution >= 4 is 11.8 Å². The summed E-state index contributed by atoms with van der Waals surface area (Å²) in [4.78, 5) is 20.3. The van der Waals surface area contributed by atoms with Crippen LogP contribution in [-0.4, -0.2) is 40.3 Å². The molecule has 0 bridgehead atoms. The summed E-state index contributed by atoms with van der Waals surface area (Å²) in [6.07, 6.45) is 6.48. The first-order valence-electron chi connectivity index (χ1n) is 11.0. The molecule has 1 aromatic heterocycles. The maximum atomic E-state index is 11.6. The van der Waals surface area contributed by atoms with Crippen LogP contribution in [0.25, 0.3) is 11.3 Å². The SMILES string of the molecule is O=C(O)c1ccc(-c2cc(NCCc3ccc4c(c3)OCC4)ncn2)cc1OC1CCC1. The number of ether oxygens (including phenoxy) is 2. The molecule has 1 aliphatic carbocycles. The van der Waals surface area contributed by atoms with Crippen molar-refractivity contribution in [2.75, 3.05) is 18.5 Å². The van der Waals surface area contributed by atoms with Crippen LogP contribution in [0.1, 0.15) is 40.7 Å². The molecule has 0 saturated heterocycles. The molecule has 1 saturated carbocycles. The zero-order valence-electron chi connectivity index (χ0n) is 17.7. The molecule has 0 radical (unpaired) electrons. The van der Waals surface area contributed by atoms with Gasteiger partial charge < -0.3 is 19.9 Å². The molecule has 7 heteroatoms. The Balaban J connectivity index is 1.28. The van der Waals surface area contributed by atoms with Gasteiger partial charge in [0.25, 0.3) is 0 Å². The third-order valence-electron chi connectivity index (χ3n) is 6.00. The van der Waals surface area contributed by atoms with Gasteiger partial charge in [-0.05, 0) is 55.0 Å². The highest BCUT2D eigenvalue weighted by atomic mass is 16.5. The zero-order chi connectivity index (χ0) is 21.9. The van der Waals surface area contributed by atoms with Crippen LogP contribution in [0.3, 0.4) is 0 Å². The number of benzene rings is 2. The van der Waals surface area contributed by atoms with E-state index in [0.717, 1.165) is 62.4 Å². The number of hydrogen-bond donors (Lipinski definition) is 2. The first kappa shape index (κ1) is 20.3. The van der Waals surface area contributed by atoms with Crippen molar-refractivity contribution in [3.8, 4) is 22.8 Å². The van der Waals surface area contributed by atoms with E-state index in [0.29, 0.717) is 11.4 Å². The summed E-state index contributed by atoms with van der Waals surface area (Å²) in [5.74, 6) is 1.12. The number of aromatic carboxylic acids is 1. The Morgan fingerprint density at radius 2 is 2.06 bits per heavy atom. The molecule has 0 amide bonds. The summed E-state index contributed by atoms with van der Waals surface area (Å²) in [5, 5.41) is 12.8. The van der Waals surface area contributed by atoms with Crippen LogP contribution in [0.4, 0.5) is 5.82 Å². The van der Waals surface area contributed by atoms with Gasteiger partial charge in [-0.1, -0.05) is 18.2 Å². The highest BCUT2D eigenvalue weighted by molar-refractivity contribution is 5.92. The minimum absolute atomic E-state index is 0.0931. The van der Waals surface area contributed by atoms with E-state index in [4.69, 9.17) is 9.47 Å². The first-order chi connectivity index (χ1) is 15.7. The van der Waals surface area contributed by atoms with Crippen molar-refractivity contribution in [3.05, 3.63) is 65.5 Å². The van der Waals surface area contributed by atoms with Gasteiger partial charge in [-0.15, -0.1) is 0 Å². The normalized spacial score (nSPS) is 14.9. The number of anilines is 1. The lowest BCUT2D eigenvalue weighted by Gasteiger charge is -2.27. The average Bonchev–Trinajstić information content (AvgIpc) is 3.24. The highest BCUT2D eigenvalue weighted by Crippen LogP contribution is 2.32. The molecule has 0 spiro atoms. The molecular weight excluding hydrogens is 406 g/mol. The number of nitrogens with zero attached hydrogens (tertiary/aromatic N) is 2. The summed E-state index contributed by atoms with van der Waals surface area (Å²) >= 11 is 0. The third kappa shape index (κ3) is 4.37. The Morgan fingerprint density at radius 1 is 1.16 bits per heavy atom. The molecule has 2 N–H and O–H groups in total. The van der Waals surface area contributed by atoms with Gasteiger partial charge in [0.05, 0.1) is 18.4 Å². The van der Waals surface area contributed by atoms with Crippen molar-refractivity contribution in [1.29, 1.82) is 0 Å². The number of fused-ring (bicyclic) bond motifs is 1. The van der Waals surface area contributed by atoms with Crippen molar-refractivity contribution in [2.45, 2.75) is 38.2 Å². The smallest absolute Gasteiger partial charge is 0.339 e. The van der Waals surface area contributed by atoms with Crippen molar-refractivity contribution in [2.24, 2.45) is 0 Å². The lowest BCUT2D eigenvalue weighted by Crippen LogP contribution is -2.25. The number of carboxylic acid groups (broad SMARTS) is 1. The van der Waals surface area contributed by atoms with E-state index in [2.05, 4.69) is 33.5 Å². The van der Waals surface area contributed by atoms with Crippen LogP contribution in [0.5, 0.6) is 11.5 Å². The van der Waals surface area contributed by atoms with Gasteiger partial charge in [0.1, 0.15) is 29.2 Å². The molecule has 164 valence electrons. The Labute approximate surface area is 186 Å². The Kier molecular flexibility index (Phi) is 5.62. The predicted molar refractivity (Wildman–Crippen MR) is 121 cm³/mol. The molecule has 2 heterocycles. The van der Waals surface area contributed by atoms with Gasteiger partial charge in [-0.25, -0.2) is 14.8 Å². The quantitative estimate of drug-likeness (QED) is 0.547. The van der Waals surface area contributed by atoms with E-state index in [1.807, 2.05) is 6.07 Å². The number of hydrogen-bond acceptors (Lipinski definition) is 6. The monoisotopic (exact) mass is 431 g/mol. The van der Waals surface area contributed by atoms with Crippen molar-refractivity contribution in [3.63, 3.8) is 0 Å². The van der Waals surface area contributed by atoms with Gasteiger partial charge in [0, 0.05) is 24.6 Å². The predicted octanol–water partition coefficient (Wildman–Crippen LogP) is 4.36. The Morgan fingerprint density at radius 3 is 2.88 bits per heavy atom. The van der Waals surface area contributed by atoms with Gasteiger partial charge in [0.2, 0.25) is 0 Å². The van der Waals surface area contributed by atoms with Crippen LogP contribution >= 0.6 is 0 Å². The number of rotatable bonds is 8. The highest BCUT2D eigenvalue weighted by Gasteiger charge is 2.22. The number of carboxylic acids is 1. The van der Waals surface area contributed by atoms with Gasteiger partial charge in [-0.2, -0.15) is 0 Å². The molecule has 1 fully saturated rings. The Bertz CT molecular complexity index is 1140. The second kappa shape index (κ2) is 8.86.